The van der Waals surface area contributed by atoms with Gasteiger partial charge in [-0.3, -0.25) is 19.3 Å². The van der Waals surface area contributed by atoms with Gasteiger partial charge in [0.1, 0.15) is 0 Å². The van der Waals surface area contributed by atoms with Gasteiger partial charge in [0, 0.05) is 32.1 Å². The van der Waals surface area contributed by atoms with Gasteiger partial charge < -0.3 is 15.5 Å². The minimum absolute atomic E-state index is 0.0871. The third kappa shape index (κ3) is 5.20. The second-order valence-corrected chi connectivity index (χ2v) is 7.16. The van der Waals surface area contributed by atoms with Crippen LogP contribution in [0.1, 0.15) is 28.8 Å². The van der Waals surface area contributed by atoms with Crippen molar-refractivity contribution in [1.29, 1.82) is 0 Å². The molecule has 1 aliphatic rings. The van der Waals surface area contributed by atoms with Crippen LogP contribution in [0, 0.1) is 0 Å². The monoisotopic (exact) mass is 394 g/mol. The number of hydrogen-bond acceptors (Lipinski definition) is 4. The van der Waals surface area contributed by atoms with Gasteiger partial charge in [-0.1, -0.05) is 24.3 Å². The number of carbonyl (C=O) groups is 3. The number of para-hydroxylation sites is 2. The fourth-order valence-corrected chi connectivity index (χ4v) is 3.43. The van der Waals surface area contributed by atoms with Gasteiger partial charge in [-0.2, -0.15) is 0 Å². The second-order valence-electron chi connectivity index (χ2n) is 7.16. The predicted molar refractivity (Wildman–Crippen MR) is 113 cm³/mol. The van der Waals surface area contributed by atoms with E-state index >= 15 is 0 Å². The van der Waals surface area contributed by atoms with E-state index in [9.17, 15) is 14.4 Å². The zero-order valence-electron chi connectivity index (χ0n) is 16.8. The molecular weight excluding hydrogens is 368 g/mol. The maximum absolute atomic E-state index is 12.5. The van der Waals surface area contributed by atoms with Crippen LogP contribution in [0.15, 0.2) is 48.5 Å². The molecule has 1 fully saturated rings. The quantitative estimate of drug-likeness (QED) is 0.755. The summed E-state index contributed by atoms with van der Waals surface area (Å²) in [5.74, 6) is -0.183. The summed E-state index contributed by atoms with van der Waals surface area (Å²) in [4.78, 5) is 39.8. The smallest absolute Gasteiger partial charge is 0.251 e. The largest absolute Gasteiger partial charge is 0.355 e. The lowest BCUT2D eigenvalue weighted by Gasteiger charge is -2.21. The molecule has 0 aromatic heterocycles. The van der Waals surface area contributed by atoms with Crippen molar-refractivity contribution < 1.29 is 14.4 Å². The molecule has 3 amide bonds. The highest BCUT2D eigenvalue weighted by Crippen LogP contribution is 2.29. The van der Waals surface area contributed by atoms with Gasteiger partial charge in [-0.15, -0.1) is 0 Å². The number of likely N-dealkylation sites (N-methyl/N-ethyl adjacent to an activating group) is 1. The molecule has 29 heavy (non-hydrogen) atoms. The molecule has 1 saturated heterocycles. The molecule has 0 saturated carbocycles. The highest BCUT2D eigenvalue weighted by molar-refractivity contribution is 6.02. The van der Waals surface area contributed by atoms with E-state index in [4.69, 9.17) is 0 Å². The van der Waals surface area contributed by atoms with E-state index < -0.39 is 0 Å². The fourth-order valence-electron chi connectivity index (χ4n) is 3.43. The first-order valence-corrected chi connectivity index (χ1v) is 9.66. The second kappa shape index (κ2) is 9.34. The summed E-state index contributed by atoms with van der Waals surface area (Å²) in [7, 11) is 3.46. The molecule has 0 unspecified atom stereocenters. The molecule has 2 aromatic rings. The Bertz CT molecular complexity index is 895. The molecule has 152 valence electrons. The van der Waals surface area contributed by atoms with Crippen LogP contribution >= 0.6 is 0 Å². The number of rotatable bonds is 7. The van der Waals surface area contributed by atoms with Crippen LogP contribution < -0.4 is 15.5 Å². The summed E-state index contributed by atoms with van der Waals surface area (Å²) in [6.45, 7) is 1.46. The van der Waals surface area contributed by atoms with Crippen LogP contribution in [0.5, 0.6) is 0 Å². The SMILES string of the molecule is CNC(=O)c1ccc(CN(C)CC(=O)Nc2ccccc2N2CCCC2=O)cc1. The third-order valence-electron chi connectivity index (χ3n) is 4.85. The van der Waals surface area contributed by atoms with Crippen molar-refractivity contribution in [3.05, 3.63) is 59.7 Å². The Balaban J connectivity index is 1.58. The Morgan fingerprint density at radius 3 is 2.48 bits per heavy atom. The predicted octanol–water partition coefficient (Wildman–Crippen LogP) is 2.24. The first-order valence-electron chi connectivity index (χ1n) is 9.66. The van der Waals surface area contributed by atoms with E-state index in [1.807, 2.05) is 48.3 Å². The van der Waals surface area contributed by atoms with Gasteiger partial charge in [-0.25, -0.2) is 0 Å². The topological polar surface area (TPSA) is 81.8 Å². The van der Waals surface area contributed by atoms with Crippen molar-refractivity contribution in [2.24, 2.45) is 0 Å². The van der Waals surface area contributed by atoms with Crippen molar-refractivity contribution in [3.63, 3.8) is 0 Å². The van der Waals surface area contributed by atoms with Gasteiger partial charge in [0.05, 0.1) is 17.9 Å². The van der Waals surface area contributed by atoms with E-state index in [1.54, 1.807) is 24.1 Å². The summed E-state index contributed by atoms with van der Waals surface area (Å²) in [6.07, 6.45) is 1.38. The van der Waals surface area contributed by atoms with Gasteiger partial charge in [0.2, 0.25) is 11.8 Å². The van der Waals surface area contributed by atoms with Gasteiger partial charge >= 0.3 is 0 Å². The molecule has 0 bridgehead atoms. The summed E-state index contributed by atoms with van der Waals surface area (Å²) in [5.41, 5.74) is 3.01. The molecule has 0 spiro atoms. The molecule has 2 N–H and O–H groups in total. The van der Waals surface area contributed by atoms with Crippen LogP contribution in [0.2, 0.25) is 0 Å². The number of hydrogen-bond donors (Lipinski definition) is 2. The molecule has 0 atom stereocenters. The zero-order valence-corrected chi connectivity index (χ0v) is 16.8. The summed E-state index contributed by atoms with van der Waals surface area (Å²) in [5, 5.41) is 5.52. The molecular formula is C22H26N4O3. The highest BCUT2D eigenvalue weighted by Gasteiger charge is 2.24. The Hall–Kier alpha value is -3.19. The lowest BCUT2D eigenvalue weighted by molar-refractivity contribution is -0.118. The number of carbonyl (C=O) groups excluding carboxylic acids is 3. The number of amides is 3. The Labute approximate surface area is 170 Å². The van der Waals surface area contributed by atoms with E-state index in [2.05, 4.69) is 10.6 Å². The molecule has 3 rings (SSSR count). The standard InChI is InChI=1S/C22H26N4O3/c1-23-22(29)17-11-9-16(10-12-17)14-25(2)15-20(27)24-18-6-3-4-7-19(18)26-13-5-8-21(26)28/h3-4,6-7,9-12H,5,8,13-15H2,1-2H3,(H,23,29)(H,24,27). The normalized spacial score (nSPS) is 13.6. The van der Waals surface area contributed by atoms with Gasteiger partial charge in [-0.05, 0) is 43.3 Å². The molecule has 0 aliphatic carbocycles. The molecule has 1 aliphatic heterocycles. The van der Waals surface area contributed by atoms with Crippen molar-refractivity contribution >= 4 is 29.1 Å². The Kier molecular flexibility index (Phi) is 6.61. The van der Waals surface area contributed by atoms with Crippen LogP contribution in [-0.4, -0.2) is 49.8 Å². The maximum atomic E-state index is 12.5. The zero-order chi connectivity index (χ0) is 20.8. The van der Waals surface area contributed by atoms with Crippen LogP contribution in [0.25, 0.3) is 0 Å². The van der Waals surface area contributed by atoms with Crippen molar-refractivity contribution in [2.75, 3.05) is 37.4 Å². The van der Waals surface area contributed by atoms with Crippen LogP contribution in [0.3, 0.4) is 0 Å². The van der Waals surface area contributed by atoms with Gasteiger partial charge in [0.25, 0.3) is 5.91 Å². The summed E-state index contributed by atoms with van der Waals surface area (Å²) >= 11 is 0. The van der Waals surface area contributed by atoms with Crippen molar-refractivity contribution in [2.45, 2.75) is 19.4 Å². The third-order valence-corrected chi connectivity index (χ3v) is 4.85. The summed E-state index contributed by atoms with van der Waals surface area (Å²) < 4.78 is 0. The first kappa shape index (κ1) is 20.5. The van der Waals surface area contributed by atoms with Crippen molar-refractivity contribution in [1.82, 2.24) is 10.2 Å². The molecule has 2 aromatic carbocycles. The Morgan fingerprint density at radius 1 is 1.10 bits per heavy atom. The van der Waals surface area contributed by atoms with Crippen LogP contribution in [-0.2, 0) is 16.1 Å². The van der Waals surface area contributed by atoms with E-state index in [-0.39, 0.29) is 24.3 Å². The first-order chi connectivity index (χ1) is 14.0. The molecule has 7 nitrogen and oxygen atoms in total. The fraction of sp³-hybridized carbons (Fsp3) is 0.318. The van der Waals surface area contributed by atoms with E-state index in [1.165, 1.54) is 0 Å². The average Bonchev–Trinajstić information content (AvgIpc) is 3.14. The maximum Gasteiger partial charge on any atom is 0.251 e. The average molecular weight is 394 g/mol. The molecule has 0 radical (unpaired) electrons. The highest BCUT2D eigenvalue weighted by atomic mass is 16.2. The minimum atomic E-state index is -0.145. The van der Waals surface area contributed by atoms with E-state index in [0.717, 1.165) is 17.7 Å². The van der Waals surface area contributed by atoms with E-state index in [0.29, 0.717) is 30.8 Å². The Morgan fingerprint density at radius 2 is 1.83 bits per heavy atom. The lowest BCUT2D eigenvalue weighted by atomic mass is 10.1. The van der Waals surface area contributed by atoms with Crippen molar-refractivity contribution in [3.8, 4) is 0 Å². The molecule has 1 heterocycles. The molecule has 7 heteroatoms. The van der Waals surface area contributed by atoms with Gasteiger partial charge in [0.15, 0.2) is 0 Å². The van der Waals surface area contributed by atoms with Crippen LogP contribution in [0.4, 0.5) is 11.4 Å². The number of nitrogens with one attached hydrogen (secondary N) is 2. The minimum Gasteiger partial charge on any atom is -0.355 e. The lowest BCUT2D eigenvalue weighted by Crippen LogP contribution is -2.31. The number of anilines is 2. The number of nitrogens with zero attached hydrogens (tertiary/aromatic N) is 2. The summed E-state index contributed by atoms with van der Waals surface area (Å²) in [6, 6.07) is 14.7. The number of benzene rings is 2.